The highest BCUT2D eigenvalue weighted by atomic mass is 16.5. The Morgan fingerprint density at radius 3 is 3.10 bits per heavy atom. The molecule has 3 heterocycles. The second-order valence-electron chi connectivity index (χ2n) is 4.53. The van der Waals surface area contributed by atoms with Gasteiger partial charge < -0.3 is 26.1 Å². The first-order valence-electron chi connectivity index (χ1n) is 6.19. The van der Waals surface area contributed by atoms with Crippen LogP contribution in [0.1, 0.15) is 31.0 Å². The Bertz CT molecular complexity index is 555. The van der Waals surface area contributed by atoms with Crippen LogP contribution in [0.25, 0.3) is 0 Å². The zero-order valence-corrected chi connectivity index (χ0v) is 10.5. The van der Waals surface area contributed by atoms with Crippen molar-refractivity contribution in [3.8, 4) is 0 Å². The van der Waals surface area contributed by atoms with Crippen molar-refractivity contribution in [3.63, 3.8) is 0 Å². The van der Waals surface area contributed by atoms with E-state index in [4.69, 9.17) is 15.7 Å². The molecule has 0 aromatic carbocycles. The van der Waals surface area contributed by atoms with E-state index in [-0.39, 0.29) is 24.9 Å². The molecule has 0 bridgehead atoms. The lowest BCUT2D eigenvalue weighted by molar-refractivity contribution is -0.0215. The molecule has 1 aromatic rings. The van der Waals surface area contributed by atoms with E-state index in [9.17, 15) is 5.11 Å². The van der Waals surface area contributed by atoms with Crippen LogP contribution in [0.15, 0.2) is 21.7 Å². The molecule has 3 atom stereocenters. The summed E-state index contributed by atoms with van der Waals surface area (Å²) in [6, 6.07) is 0. The number of nitrogens with zero attached hydrogens (tertiary/aromatic N) is 5. The average Bonchev–Trinajstić information content (AvgIpc) is 3.04. The molecule has 0 saturated carbocycles. The van der Waals surface area contributed by atoms with Gasteiger partial charge in [0.2, 0.25) is 5.96 Å². The fourth-order valence-electron chi connectivity index (χ4n) is 2.36. The van der Waals surface area contributed by atoms with E-state index in [1.165, 1.54) is 0 Å². The highest BCUT2D eigenvalue weighted by Gasteiger charge is 2.31. The highest BCUT2D eigenvalue weighted by molar-refractivity contribution is 5.95. The third-order valence-electron chi connectivity index (χ3n) is 3.29. The normalized spacial score (nSPS) is 29.3. The number of aliphatic hydroxyl groups excluding tert-OH is 2. The smallest absolute Gasteiger partial charge is 0.248 e. The second kappa shape index (κ2) is 5.15. The summed E-state index contributed by atoms with van der Waals surface area (Å²) in [5.41, 5.74) is 0.386. The van der Waals surface area contributed by atoms with E-state index in [0.717, 1.165) is 12.8 Å². The van der Waals surface area contributed by atoms with Crippen molar-refractivity contribution in [3.05, 3.63) is 12.0 Å². The number of hydrogen-bond donors (Lipinski definition) is 4. The van der Waals surface area contributed by atoms with Crippen LogP contribution in [0.5, 0.6) is 0 Å². The minimum atomic E-state index is -1.12. The number of ether oxygens (including phenoxy) is 1. The number of nitrogens with one attached hydrogen (secondary N) is 1. The summed E-state index contributed by atoms with van der Waals surface area (Å²) in [5.74, 6) is 5.62. The molecule has 3 unspecified atom stereocenters. The molecule has 10 nitrogen and oxygen atoms in total. The van der Waals surface area contributed by atoms with Crippen LogP contribution >= 0.6 is 0 Å². The Kier molecular flexibility index (Phi) is 3.34. The molecule has 0 aliphatic carbocycles. The number of imidazole rings is 1. The van der Waals surface area contributed by atoms with Crippen LogP contribution < -0.4 is 11.2 Å². The van der Waals surface area contributed by atoms with Crippen molar-refractivity contribution in [2.24, 2.45) is 21.2 Å². The summed E-state index contributed by atoms with van der Waals surface area (Å²) in [4.78, 5) is 7.97. The Hall–Kier alpha value is -2.04. The van der Waals surface area contributed by atoms with E-state index in [1.807, 2.05) is 0 Å². The number of fused-ring (bicyclic) bond motifs is 1. The number of hydrogen-bond acceptors (Lipinski definition) is 8. The average molecular weight is 281 g/mol. The Morgan fingerprint density at radius 2 is 2.40 bits per heavy atom. The molecule has 3 rings (SSSR count). The Labute approximate surface area is 114 Å². The first kappa shape index (κ1) is 13.0. The van der Waals surface area contributed by atoms with Gasteiger partial charge in [0.05, 0.1) is 19.0 Å². The molecular formula is C10H15N7O3. The summed E-state index contributed by atoms with van der Waals surface area (Å²) in [5, 5.41) is 28.6. The Morgan fingerprint density at radius 1 is 1.55 bits per heavy atom. The Balaban J connectivity index is 1.87. The molecule has 0 amide bonds. The van der Waals surface area contributed by atoms with E-state index < -0.39 is 6.23 Å². The van der Waals surface area contributed by atoms with Crippen LogP contribution in [0.2, 0.25) is 0 Å². The van der Waals surface area contributed by atoms with Crippen molar-refractivity contribution < 1.29 is 14.9 Å². The lowest BCUT2D eigenvalue weighted by Crippen LogP contribution is -2.22. The lowest BCUT2D eigenvalue weighted by Gasteiger charge is -2.20. The summed E-state index contributed by atoms with van der Waals surface area (Å²) in [6.45, 7) is -0.0163. The van der Waals surface area contributed by atoms with Crippen molar-refractivity contribution in [2.75, 3.05) is 11.9 Å². The summed E-state index contributed by atoms with van der Waals surface area (Å²) in [6.07, 6.45) is 1.52. The first-order valence-corrected chi connectivity index (χ1v) is 6.19. The van der Waals surface area contributed by atoms with Gasteiger partial charge in [0.15, 0.2) is 6.23 Å². The molecule has 2 aliphatic heterocycles. The molecule has 1 fully saturated rings. The molecule has 1 saturated heterocycles. The largest absolute Gasteiger partial charge is 0.394 e. The number of guanidine groups is 1. The molecule has 10 heteroatoms. The van der Waals surface area contributed by atoms with E-state index >= 15 is 0 Å². The van der Waals surface area contributed by atoms with Gasteiger partial charge in [-0.05, 0) is 12.8 Å². The topological polar surface area (TPSA) is 143 Å². The van der Waals surface area contributed by atoms with Crippen molar-refractivity contribution >= 4 is 11.8 Å². The number of nitrogens with two attached hydrogens (primary N) is 1. The van der Waals surface area contributed by atoms with Crippen molar-refractivity contribution in [2.45, 2.75) is 31.4 Å². The van der Waals surface area contributed by atoms with Crippen LogP contribution in [0, 0.1) is 0 Å². The molecule has 0 spiro atoms. The van der Waals surface area contributed by atoms with Gasteiger partial charge in [-0.15, -0.1) is 0 Å². The van der Waals surface area contributed by atoms with Gasteiger partial charge in [-0.2, -0.15) is 0 Å². The maximum atomic E-state index is 9.89. The van der Waals surface area contributed by atoms with Crippen LogP contribution in [-0.2, 0) is 4.74 Å². The quantitative estimate of drug-likeness (QED) is 0.331. The molecule has 20 heavy (non-hydrogen) atoms. The van der Waals surface area contributed by atoms with Crippen molar-refractivity contribution in [1.82, 2.24) is 9.55 Å². The molecular weight excluding hydrogens is 266 g/mol. The van der Waals surface area contributed by atoms with Crippen molar-refractivity contribution in [1.29, 1.82) is 0 Å². The number of aliphatic imine (C=N–C) groups is 1. The minimum absolute atomic E-state index is 0.0163. The van der Waals surface area contributed by atoms with Gasteiger partial charge in [0, 0.05) is 0 Å². The fraction of sp³-hybridized carbons (Fsp3) is 0.600. The number of rotatable bonds is 2. The van der Waals surface area contributed by atoms with Gasteiger partial charge >= 0.3 is 0 Å². The monoisotopic (exact) mass is 281 g/mol. The van der Waals surface area contributed by atoms with Crippen LogP contribution in [0.3, 0.4) is 0 Å². The molecule has 108 valence electrons. The van der Waals surface area contributed by atoms with Crippen LogP contribution in [-0.4, -0.2) is 38.4 Å². The second-order valence-corrected chi connectivity index (χ2v) is 4.53. The van der Waals surface area contributed by atoms with Gasteiger partial charge in [-0.25, -0.2) is 9.98 Å². The third-order valence-corrected chi connectivity index (χ3v) is 3.29. The molecule has 0 radical (unpaired) electrons. The van der Waals surface area contributed by atoms with E-state index in [2.05, 4.69) is 25.6 Å². The van der Waals surface area contributed by atoms with Gasteiger partial charge in [-0.3, -0.25) is 4.57 Å². The minimum Gasteiger partial charge on any atom is -0.394 e. The number of anilines is 1. The van der Waals surface area contributed by atoms with E-state index in [1.54, 1.807) is 10.9 Å². The van der Waals surface area contributed by atoms with E-state index in [0.29, 0.717) is 11.5 Å². The number of aromatic nitrogens is 2. The third kappa shape index (κ3) is 2.13. The predicted octanol–water partition coefficient (Wildman–Crippen LogP) is -0.349. The predicted molar refractivity (Wildman–Crippen MR) is 67.5 cm³/mol. The van der Waals surface area contributed by atoms with Gasteiger partial charge in [-0.1, -0.05) is 10.3 Å². The molecule has 1 aromatic heterocycles. The maximum Gasteiger partial charge on any atom is 0.248 e. The van der Waals surface area contributed by atoms with Gasteiger partial charge in [0.25, 0.3) is 0 Å². The maximum absolute atomic E-state index is 9.89. The lowest BCUT2D eigenvalue weighted by atomic mass is 10.2. The SMILES string of the molecule is NN=NC1=NC(O)c2ncn(C3CCC(CO)O3)c2N1. The summed E-state index contributed by atoms with van der Waals surface area (Å²) < 4.78 is 7.43. The van der Waals surface area contributed by atoms with Gasteiger partial charge in [0.1, 0.15) is 17.7 Å². The molecule has 2 aliphatic rings. The number of aliphatic hydroxyl groups is 2. The zero-order valence-electron chi connectivity index (χ0n) is 10.5. The fourth-order valence-corrected chi connectivity index (χ4v) is 2.36. The summed E-state index contributed by atoms with van der Waals surface area (Å²) in [7, 11) is 0. The first-order chi connectivity index (χ1) is 9.72. The molecule has 5 N–H and O–H groups in total. The highest BCUT2D eigenvalue weighted by Crippen LogP contribution is 2.35. The standard InChI is InChI=1S/C10H15N7O3/c11-16-15-10-13-8-7(9(19)14-10)12-4-17(8)6-2-1-5(3-18)20-6/h4-6,9,18-19H,1-3H2,(H3,11,13,14,15). The van der Waals surface area contributed by atoms with Crippen LogP contribution in [0.4, 0.5) is 5.82 Å². The zero-order chi connectivity index (χ0) is 14.1. The summed E-state index contributed by atoms with van der Waals surface area (Å²) >= 11 is 0.